The summed E-state index contributed by atoms with van der Waals surface area (Å²) in [6, 6.07) is 2.69. The van der Waals surface area contributed by atoms with Crippen molar-refractivity contribution in [1.29, 1.82) is 0 Å². The normalized spacial score (nSPS) is 12.0. The van der Waals surface area contributed by atoms with Gasteiger partial charge in [0.2, 0.25) is 10.0 Å². The maximum Gasteiger partial charge on any atom is 0.241 e. The van der Waals surface area contributed by atoms with E-state index in [1.165, 1.54) is 12.1 Å². The number of aromatic nitrogens is 1. The van der Waals surface area contributed by atoms with Crippen molar-refractivity contribution in [3.8, 4) is 0 Å². The van der Waals surface area contributed by atoms with Crippen molar-refractivity contribution < 1.29 is 12.8 Å². The first-order valence-corrected chi connectivity index (χ1v) is 6.98. The van der Waals surface area contributed by atoms with Gasteiger partial charge in [-0.3, -0.25) is 4.98 Å². The molecule has 0 spiro atoms. The lowest BCUT2D eigenvalue weighted by molar-refractivity contribution is 0.597. The summed E-state index contributed by atoms with van der Waals surface area (Å²) >= 11 is 8.93. The lowest BCUT2D eigenvalue weighted by Crippen LogP contribution is -2.13. The summed E-state index contributed by atoms with van der Waals surface area (Å²) in [6.07, 6.45) is 1.01. The van der Waals surface area contributed by atoms with Crippen LogP contribution in [0.2, 0.25) is 5.02 Å². The first-order chi connectivity index (χ1) is 7.80. The Labute approximate surface area is 110 Å². The van der Waals surface area contributed by atoms with E-state index in [1.807, 2.05) is 0 Å². The van der Waals surface area contributed by atoms with Crippen LogP contribution in [-0.2, 0) is 10.0 Å². The Morgan fingerprint density at radius 2 is 2.06 bits per heavy atom. The first kappa shape index (κ1) is 12.7. The van der Waals surface area contributed by atoms with Gasteiger partial charge < -0.3 is 0 Å². The van der Waals surface area contributed by atoms with Gasteiger partial charge in [-0.15, -0.1) is 0 Å². The SMILES string of the molecule is NS(=O)(=O)c1cnc2cc(Br)cc(F)c2c1Cl. The first-order valence-electron chi connectivity index (χ1n) is 4.27. The Bertz CT molecular complexity index is 720. The van der Waals surface area contributed by atoms with E-state index in [0.717, 1.165) is 6.20 Å². The number of nitrogens with two attached hydrogens (primary N) is 1. The van der Waals surface area contributed by atoms with Gasteiger partial charge in [0.25, 0.3) is 0 Å². The molecule has 0 saturated heterocycles. The van der Waals surface area contributed by atoms with Gasteiger partial charge >= 0.3 is 0 Å². The van der Waals surface area contributed by atoms with Crippen LogP contribution in [0, 0.1) is 5.82 Å². The van der Waals surface area contributed by atoms with Crippen LogP contribution in [0.1, 0.15) is 0 Å². The summed E-state index contributed by atoms with van der Waals surface area (Å²) in [5, 5.41) is 4.61. The third-order valence-electron chi connectivity index (χ3n) is 2.10. The third-order valence-corrected chi connectivity index (χ3v) is 3.98. The fraction of sp³-hybridized carbons (Fsp3) is 0. The van der Waals surface area contributed by atoms with Crippen LogP contribution in [0.15, 0.2) is 27.7 Å². The van der Waals surface area contributed by atoms with E-state index in [2.05, 4.69) is 20.9 Å². The topological polar surface area (TPSA) is 73.1 Å². The summed E-state index contributed by atoms with van der Waals surface area (Å²) < 4.78 is 36.6. The van der Waals surface area contributed by atoms with Crippen molar-refractivity contribution in [2.75, 3.05) is 0 Å². The molecule has 1 aromatic carbocycles. The second-order valence-corrected chi connectivity index (χ2v) is 6.09. The smallest absolute Gasteiger partial charge is 0.241 e. The zero-order valence-electron chi connectivity index (χ0n) is 8.12. The van der Waals surface area contributed by atoms with E-state index < -0.39 is 20.7 Å². The minimum Gasteiger partial charge on any atom is -0.255 e. The second kappa shape index (κ2) is 4.16. The molecule has 2 rings (SSSR count). The van der Waals surface area contributed by atoms with Crippen LogP contribution in [-0.4, -0.2) is 13.4 Å². The van der Waals surface area contributed by atoms with E-state index in [1.54, 1.807) is 0 Å². The summed E-state index contributed by atoms with van der Waals surface area (Å²) in [7, 11) is -4.02. The Morgan fingerprint density at radius 3 is 2.65 bits per heavy atom. The molecule has 0 aliphatic heterocycles. The number of primary sulfonamides is 1. The molecule has 1 aromatic heterocycles. The average molecular weight is 340 g/mol. The van der Waals surface area contributed by atoms with Crippen molar-refractivity contribution in [2.24, 2.45) is 5.14 Å². The van der Waals surface area contributed by atoms with Gasteiger partial charge in [0, 0.05) is 10.7 Å². The minimum absolute atomic E-state index is 0.0682. The zero-order chi connectivity index (χ0) is 12.8. The maximum atomic E-state index is 13.7. The molecule has 0 atom stereocenters. The Balaban J connectivity index is 2.95. The fourth-order valence-electron chi connectivity index (χ4n) is 1.39. The van der Waals surface area contributed by atoms with E-state index in [-0.39, 0.29) is 15.9 Å². The molecule has 0 aliphatic carbocycles. The van der Waals surface area contributed by atoms with Crippen molar-refractivity contribution in [3.05, 3.63) is 33.6 Å². The summed E-state index contributed by atoms with van der Waals surface area (Å²) in [5.41, 5.74) is 0.245. The highest BCUT2D eigenvalue weighted by atomic mass is 79.9. The number of hydrogen-bond donors (Lipinski definition) is 1. The minimum atomic E-state index is -4.02. The molecule has 0 amide bonds. The van der Waals surface area contributed by atoms with E-state index in [9.17, 15) is 12.8 Å². The fourth-order valence-corrected chi connectivity index (χ4v) is 2.91. The molecule has 1 heterocycles. The zero-order valence-corrected chi connectivity index (χ0v) is 11.3. The van der Waals surface area contributed by atoms with Gasteiger partial charge in [-0.25, -0.2) is 17.9 Å². The van der Waals surface area contributed by atoms with Crippen LogP contribution in [0.25, 0.3) is 10.9 Å². The monoisotopic (exact) mass is 338 g/mol. The number of benzene rings is 1. The molecule has 0 aliphatic rings. The maximum absolute atomic E-state index is 13.7. The van der Waals surface area contributed by atoms with Crippen LogP contribution >= 0.6 is 27.5 Å². The number of nitrogens with zero attached hydrogens (tertiary/aromatic N) is 1. The van der Waals surface area contributed by atoms with Gasteiger partial charge in [0.05, 0.1) is 15.9 Å². The van der Waals surface area contributed by atoms with Crippen LogP contribution in [0.3, 0.4) is 0 Å². The number of hydrogen-bond acceptors (Lipinski definition) is 3. The molecule has 2 N–H and O–H groups in total. The highest BCUT2D eigenvalue weighted by molar-refractivity contribution is 9.10. The average Bonchev–Trinajstić information content (AvgIpc) is 2.14. The molecule has 90 valence electrons. The molecule has 0 fully saturated rings. The Kier molecular flexibility index (Phi) is 3.11. The molecule has 0 radical (unpaired) electrons. The van der Waals surface area contributed by atoms with Crippen molar-refractivity contribution in [3.63, 3.8) is 0 Å². The molecule has 0 saturated carbocycles. The lowest BCUT2D eigenvalue weighted by atomic mass is 10.2. The van der Waals surface area contributed by atoms with Gasteiger partial charge in [-0.2, -0.15) is 0 Å². The van der Waals surface area contributed by atoms with E-state index in [4.69, 9.17) is 16.7 Å². The van der Waals surface area contributed by atoms with Gasteiger partial charge in [-0.1, -0.05) is 27.5 Å². The molecule has 2 aromatic rings. The molecule has 17 heavy (non-hydrogen) atoms. The van der Waals surface area contributed by atoms with E-state index in [0.29, 0.717) is 4.47 Å². The molecule has 0 bridgehead atoms. The molecular weight excluding hydrogens is 335 g/mol. The number of pyridine rings is 1. The van der Waals surface area contributed by atoms with Crippen LogP contribution in [0.4, 0.5) is 4.39 Å². The largest absolute Gasteiger partial charge is 0.255 e. The highest BCUT2D eigenvalue weighted by Crippen LogP contribution is 2.31. The second-order valence-electron chi connectivity index (χ2n) is 3.26. The van der Waals surface area contributed by atoms with Crippen LogP contribution in [0.5, 0.6) is 0 Å². The predicted molar refractivity (Wildman–Crippen MR) is 65.8 cm³/mol. The van der Waals surface area contributed by atoms with Gasteiger partial charge in [0.15, 0.2) is 0 Å². The summed E-state index contributed by atoms with van der Waals surface area (Å²) in [6.45, 7) is 0. The van der Waals surface area contributed by atoms with Crippen molar-refractivity contribution in [1.82, 2.24) is 4.98 Å². The van der Waals surface area contributed by atoms with Gasteiger partial charge in [0.1, 0.15) is 10.7 Å². The quantitative estimate of drug-likeness (QED) is 0.867. The number of sulfonamides is 1. The van der Waals surface area contributed by atoms with Crippen molar-refractivity contribution >= 4 is 48.5 Å². The molecular formula is C9H5BrClFN2O2S. The van der Waals surface area contributed by atoms with Crippen LogP contribution < -0.4 is 5.14 Å². The molecule has 8 heteroatoms. The highest BCUT2D eigenvalue weighted by Gasteiger charge is 2.18. The predicted octanol–water partition coefficient (Wildman–Crippen LogP) is 2.44. The number of fused-ring (bicyclic) bond motifs is 1. The summed E-state index contributed by atoms with van der Waals surface area (Å²) in [4.78, 5) is 3.42. The Morgan fingerprint density at radius 1 is 1.41 bits per heavy atom. The third kappa shape index (κ3) is 2.28. The Hall–Kier alpha value is -0.760. The van der Waals surface area contributed by atoms with Gasteiger partial charge in [-0.05, 0) is 12.1 Å². The van der Waals surface area contributed by atoms with E-state index >= 15 is 0 Å². The summed E-state index contributed by atoms with van der Waals surface area (Å²) in [5.74, 6) is -0.669. The number of rotatable bonds is 1. The van der Waals surface area contributed by atoms with Crippen molar-refractivity contribution in [2.45, 2.75) is 4.90 Å². The lowest BCUT2D eigenvalue weighted by Gasteiger charge is -2.06. The molecule has 4 nitrogen and oxygen atoms in total. The standard InChI is InChI=1S/C9H5BrClFN2O2S/c10-4-1-5(12)8-6(2-4)14-3-7(9(8)11)17(13,15)16/h1-3H,(H2,13,15,16). The number of halogens is 3. The molecule has 0 unspecified atom stereocenters.